The molecule has 31 heavy (non-hydrogen) atoms. The van der Waals surface area contributed by atoms with E-state index in [1.165, 1.54) is 11.8 Å². The summed E-state index contributed by atoms with van der Waals surface area (Å²) in [6.45, 7) is 2.15. The first-order valence-corrected chi connectivity index (χ1v) is 11.2. The van der Waals surface area contributed by atoms with E-state index < -0.39 is 0 Å². The summed E-state index contributed by atoms with van der Waals surface area (Å²) in [5.41, 5.74) is 1.78. The fraction of sp³-hybridized carbons (Fsp3) is 0.143. The summed E-state index contributed by atoms with van der Waals surface area (Å²) in [5.74, 6) is 1.18. The molecule has 7 nitrogen and oxygen atoms in total. The van der Waals surface area contributed by atoms with Gasteiger partial charge in [0, 0.05) is 16.1 Å². The smallest absolute Gasteiger partial charge is 0.261 e. The van der Waals surface area contributed by atoms with Crippen LogP contribution < -0.4 is 5.32 Å². The van der Waals surface area contributed by atoms with Crippen LogP contribution >= 0.6 is 35.0 Å². The number of nitrogens with one attached hydrogen (secondary N) is 1. The molecular formula is C21H17Cl2N5O2S. The highest BCUT2D eigenvalue weighted by molar-refractivity contribution is 7.98. The maximum absolute atomic E-state index is 13.1. The minimum Gasteiger partial charge on any atom is -0.461 e. The zero-order valence-electron chi connectivity index (χ0n) is 16.6. The predicted molar refractivity (Wildman–Crippen MR) is 122 cm³/mol. The van der Waals surface area contributed by atoms with Gasteiger partial charge in [0.1, 0.15) is 10.8 Å². The SMILES string of the molecule is CSc1nc(-c2ccco2)nc(C)c1C(=O)Nc1ccnn1Cc1ccc(Cl)cc1Cl. The summed E-state index contributed by atoms with van der Waals surface area (Å²) in [6, 6.07) is 10.5. The van der Waals surface area contributed by atoms with Crippen LogP contribution in [0.1, 0.15) is 21.6 Å². The van der Waals surface area contributed by atoms with Gasteiger partial charge in [-0.3, -0.25) is 4.79 Å². The first-order chi connectivity index (χ1) is 15.0. The van der Waals surface area contributed by atoms with Gasteiger partial charge in [0.05, 0.1) is 30.3 Å². The van der Waals surface area contributed by atoms with Crippen molar-refractivity contribution in [3.63, 3.8) is 0 Å². The van der Waals surface area contributed by atoms with E-state index in [2.05, 4.69) is 20.4 Å². The molecule has 1 amide bonds. The van der Waals surface area contributed by atoms with Crippen LogP contribution in [-0.4, -0.2) is 31.9 Å². The Hall–Kier alpha value is -2.81. The summed E-state index contributed by atoms with van der Waals surface area (Å²) in [5, 5.41) is 8.84. The first kappa shape index (κ1) is 21.4. The van der Waals surface area contributed by atoms with Gasteiger partial charge in [0.15, 0.2) is 11.6 Å². The molecule has 0 saturated carbocycles. The Labute approximate surface area is 192 Å². The summed E-state index contributed by atoms with van der Waals surface area (Å²) in [6.07, 6.45) is 5.02. The number of carbonyl (C=O) groups excluding carboxylic acids is 1. The van der Waals surface area contributed by atoms with Gasteiger partial charge in [-0.25, -0.2) is 14.6 Å². The monoisotopic (exact) mass is 473 g/mol. The molecular weight excluding hydrogens is 457 g/mol. The Balaban J connectivity index is 1.60. The second-order valence-corrected chi connectivity index (χ2v) is 8.20. The largest absolute Gasteiger partial charge is 0.461 e. The number of anilines is 1. The molecule has 0 aliphatic heterocycles. The lowest BCUT2D eigenvalue weighted by molar-refractivity contribution is 0.102. The van der Waals surface area contributed by atoms with Crippen LogP contribution in [0.25, 0.3) is 11.6 Å². The van der Waals surface area contributed by atoms with Gasteiger partial charge in [0.2, 0.25) is 0 Å². The highest BCUT2D eigenvalue weighted by Crippen LogP contribution is 2.27. The normalized spacial score (nSPS) is 11.0. The molecule has 158 valence electrons. The quantitative estimate of drug-likeness (QED) is 0.291. The summed E-state index contributed by atoms with van der Waals surface area (Å²) < 4.78 is 7.04. The summed E-state index contributed by atoms with van der Waals surface area (Å²) >= 11 is 13.6. The number of halogens is 2. The van der Waals surface area contributed by atoms with Gasteiger partial charge in [-0.2, -0.15) is 5.10 Å². The van der Waals surface area contributed by atoms with Crippen molar-refractivity contribution in [1.29, 1.82) is 0 Å². The zero-order chi connectivity index (χ0) is 22.0. The fourth-order valence-electron chi connectivity index (χ4n) is 3.03. The third-order valence-electron chi connectivity index (χ3n) is 4.51. The number of benzene rings is 1. The van der Waals surface area contributed by atoms with E-state index in [0.717, 1.165) is 5.56 Å². The molecule has 0 aliphatic rings. The minimum atomic E-state index is -0.322. The Morgan fingerprint density at radius 2 is 2.06 bits per heavy atom. The molecule has 3 heterocycles. The molecule has 0 bridgehead atoms. The van der Waals surface area contributed by atoms with Crippen molar-refractivity contribution in [3.05, 3.63) is 75.7 Å². The Morgan fingerprint density at radius 3 is 2.77 bits per heavy atom. The molecule has 4 rings (SSSR count). The second-order valence-electron chi connectivity index (χ2n) is 6.56. The molecule has 0 atom stereocenters. The number of hydrogen-bond donors (Lipinski definition) is 1. The highest BCUT2D eigenvalue weighted by Gasteiger charge is 2.21. The average molecular weight is 474 g/mol. The van der Waals surface area contributed by atoms with Crippen LogP contribution in [0.15, 0.2) is 58.3 Å². The van der Waals surface area contributed by atoms with Crippen LogP contribution in [0.5, 0.6) is 0 Å². The van der Waals surface area contributed by atoms with Crippen LogP contribution in [0.2, 0.25) is 10.0 Å². The maximum Gasteiger partial charge on any atom is 0.261 e. The van der Waals surface area contributed by atoms with Crippen molar-refractivity contribution in [2.45, 2.75) is 18.5 Å². The van der Waals surface area contributed by atoms with E-state index in [4.69, 9.17) is 27.6 Å². The van der Waals surface area contributed by atoms with E-state index in [0.29, 0.717) is 50.3 Å². The summed E-state index contributed by atoms with van der Waals surface area (Å²) in [7, 11) is 0. The molecule has 3 aromatic heterocycles. The van der Waals surface area contributed by atoms with Crippen LogP contribution in [-0.2, 0) is 6.54 Å². The molecule has 0 saturated heterocycles. The molecule has 1 N–H and O–H groups in total. The van der Waals surface area contributed by atoms with Crippen LogP contribution in [0.4, 0.5) is 5.82 Å². The number of carbonyl (C=O) groups is 1. The van der Waals surface area contributed by atoms with Gasteiger partial charge in [0.25, 0.3) is 5.91 Å². The molecule has 0 aliphatic carbocycles. The number of nitrogens with zero attached hydrogens (tertiary/aromatic N) is 4. The number of hydrogen-bond acceptors (Lipinski definition) is 6. The van der Waals surface area contributed by atoms with Gasteiger partial charge in [-0.15, -0.1) is 11.8 Å². The lowest BCUT2D eigenvalue weighted by Crippen LogP contribution is -2.19. The molecule has 0 fully saturated rings. The Kier molecular flexibility index (Phi) is 6.31. The van der Waals surface area contributed by atoms with E-state index in [1.54, 1.807) is 54.4 Å². The van der Waals surface area contributed by atoms with Crippen molar-refractivity contribution in [3.8, 4) is 11.6 Å². The Bertz CT molecular complexity index is 1240. The molecule has 0 radical (unpaired) electrons. The standard InChI is InChI=1S/C21H17Cl2N5O2S/c1-12-18(21(31-2)27-19(25-12)16-4-3-9-30-16)20(29)26-17-7-8-24-28(17)11-13-5-6-14(22)10-15(13)23/h3-10H,11H2,1-2H3,(H,26,29). The topological polar surface area (TPSA) is 85.8 Å². The lowest BCUT2D eigenvalue weighted by atomic mass is 10.2. The number of amides is 1. The molecule has 4 aromatic rings. The fourth-order valence-corrected chi connectivity index (χ4v) is 4.12. The van der Waals surface area contributed by atoms with Gasteiger partial charge in [-0.05, 0) is 43.0 Å². The highest BCUT2D eigenvalue weighted by atomic mass is 35.5. The average Bonchev–Trinajstić information content (AvgIpc) is 3.42. The van der Waals surface area contributed by atoms with Crippen molar-refractivity contribution in [1.82, 2.24) is 19.7 Å². The van der Waals surface area contributed by atoms with E-state index in [-0.39, 0.29) is 5.91 Å². The van der Waals surface area contributed by atoms with Crippen molar-refractivity contribution >= 4 is 46.7 Å². The van der Waals surface area contributed by atoms with E-state index in [1.807, 2.05) is 12.3 Å². The van der Waals surface area contributed by atoms with Crippen molar-refractivity contribution in [2.75, 3.05) is 11.6 Å². The number of aromatic nitrogens is 4. The van der Waals surface area contributed by atoms with Crippen molar-refractivity contribution < 1.29 is 9.21 Å². The van der Waals surface area contributed by atoms with Gasteiger partial charge < -0.3 is 9.73 Å². The number of furan rings is 1. The second kappa shape index (κ2) is 9.13. The Morgan fingerprint density at radius 1 is 1.23 bits per heavy atom. The maximum atomic E-state index is 13.1. The predicted octanol–water partition coefficient (Wildman–Crippen LogP) is 5.57. The third kappa shape index (κ3) is 4.61. The molecule has 10 heteroatoms. The first-order valence-electron chi connectivity index (χ1n) is 9.20. The van der Waals surface area contributed by atoms with Gasteiger partial charge in [-0.1, -0.05) is 29.3 Å². The van der Waals surface area contributed by atoms with E-state index in [9.17, 15) is 4.79 Å². The van der Waals surface area contributed by atoms with Gasteiger partial charge >= 0.3 is 0 Å². The number of aryl methyl sites for hydroxylation is 1. The third-order valence-corrected chi connectivity index (χ3v) is 5.78. The zero-order valence-corrected chi connectivity index (χ0v) is 18.9. The van der Waals surface area contributed by atoms with E-state index >= 15 is 0 Å². The number of thioether (sulfide) groups is 1. The summed E-state index contributed by atoms with van der Waals surface area (Å²) in [4.78, 5) is 22.1. The lowest BCUT2D eigenvalue weighted by Gasteiger charge is -2.13. The molecule has 0 unspecified atom stereocenters. The molecule has 1 aromatic carbocycles. The molecule has 0 spiro atoms. The van der Waals surface area contributed by atoms with Crippen LogP contribution in [0.3, 0.4) is 0 Å². The van der Waals surface area contributed by atoms with Crippen LogP contribution in [0, 0.1) is 6.92 Å². The minimum absolute atomic E-state index is 0.322. The van der Waals surface area contributed by atoms with Crippen molar-refractivity contribution in [2.24, 2.45) is 0 Å². The number of rotatable bonds is 6.